The molecule has 3 rings (SSSR count). The van der Waals surface area contributed by atoms with E-state index in [2.05, 4.69) is 5.32 Å². The molecule has 1 aliphatic heterocycles. The van der Waals surface area contributed by atoms with E-state index in [1.807, 2.05) is 22.9 Å². The fraction of sp³-hybridized carbons (Fsp3) is 0.167. The van der Waals surface area contributed by atoms with Crippen molar-refractivity contribution in [2.45, 2.75) is 12.8 Å². The Morgan fingerprint density at radius 2 is 1.81 bits per heavy atom. The number of rotatable bonds is 5. The Bertz CT molecular complexity index is 1020. The summed E-state index contributed by atoms with van der Waals surface area (Å²) < 4.78 is 26.5. The molecule has 0 radical (unpaired) electrons. The molecule has 2 aromatic rings. The minimum Gasteiger partial charge on any atom is -0.506 e. The standard InChI is InChI=1S/C18H19N3O5S/c1-19-18(24)14-4-2-3-12(9-14)5-6-13-7-8-15(16(22)10-13)21-11-17(23)20-27(21,25)26/h2-4,7-11,20,22-23H,5-6H2,1H3,(H,19,24). The molecule has 8 nitrogen and oxygen atoms in total. The molecule has 2 aromatic carbocycles. The number of nitrogens with zero attached hydrogens (tertiary/aromatic N) is 1. The van der Waals surface area contributed by atoms with E-state index in [1.165, 1.54) is 12.1 Å². The molecule has 0 atom stereocenters. The van der Waals surface area contributed by atoms with Gasteiger partial charge in [-0.2, -0.15) is 8.42 Å². The van der Waals surface area contributed by atoms with Gasteiger partial charge in [-0.15, -0.1) is 0 Å². The van der Waals surface area contributed by atoms with Gasteiger partial charge in [0.1, 0.15) is 11.4 Å². The molecule has 0 aliphatic carbocycles. The van der Waals surface area contributed by atoms with Crippen LogP contribution in [0.1, 0.15) is 21.5 Å². The summed E-state index contributed by atoms with van der Waals surface area (Å²) in [5.74, 6) is -0.895. The summed E-state index contributed by atoms with van der Waals surface area (Å²) in [5.41, 5.74) is 2.39. The summed E-state index contributed by atoms with van der Waals surface area (Å²) in [7, 11) is -2.38. The van der Waals surface area contributed by atoms with Crippen LogP contribution in [0.3, 0.4) is 0 Å². The first-order valence-electron chi connectivity index (χ1n) is 8.16. The molecule has 9 heteroatoms. The van der Waals surface area contributed by atoms with Gasteiger partial charge in [-0.25, -0.2) is 9.03 Å². The fourth-order valence-electron chi connectivity index (χ4n) is 2.80. The maximum Gasteiger partial charge on any atom is 0.330 e. The van der Waals surface area contributed by atoms with Crippen LogP contribution in [0.5, 0.6) is 5.75 Å². The largest absolute Gasteiger partial charge is 0.506 e. The third-order valence-corrected chi connectivity index (χ3v) is 5.41. The number of anilines is 1. The number of carbonyl (C=O) groups is 1. The van der Waals surface area contributed by atoms with Gasteiger partial charge in [0.05, 0.1) is 6.20 Å². The molecule has 0 unspecified atom stereocenters. The summed E-state index contributed by atoms with van der Waals surface area (Å²) in [5, 5.41) is 22.1. The number of amides is 1. The van der Waals surface area contributed by atoms with Crippen molar-refractivity contribution in [1.82, 2.24) is 10.0 Å². The van der Waals surface area contributed by atoms with Crippen molar-refractivity contribution in [3.63, 3.8) is 0 Å². The normalized spacial score (nSPS) is 15.1. The van der Waals surface area contributed by atoms with Crippen LogP contribution < -0.4 is 14.3 Å². The van der Waals surface area contributed by atoms with Crippen LogP contribution in [-0.2, 0) is 23.1 Å². The van der Waals surface area contributed by atoms with Gasteiger partial charge in [-0.1, -0.05) is 18.2 Å². The van der Waals surface area contributed by atoms with Crippen molar-refractivity contribution in [2.24, 2.45) is 0 Å². The minimum absolute atomic E-state index is 0.0388. The number of phenols is 1. The number of hydrogen-bond acceptors (Lipinski definition) is 5. The molecular formula is C18H19N3O5S. The van der Waals surface area contributed by atoms with Crippen LogP contribution in [0.2, 0.25) is 0 Å². The summed E-state index contributed by atoms with van der Waals surface area (Å²) in [6, 6.07) is 11.9. The van der Waals surface area contributed by atoms with E-state index >= 15 is 0 Å². The summed E-state index contributed by atoms with van der Waals surface area (Å²) in [6.45, 7) is 0. The topological polar surface area (TPSA) is 119 Å². The van der Waals surface area contributed by atoms with Gasteiger partial charge in [0.25, 0.3) is 5.91 Å². The number of aliphatic hydroxyl groups excluding tert-OH is 1. The molecule has 0 fully saturated rings. The van der Waals surface area contributed by atoms with Gasteiger partial charge in [-0.05, 0) is 48.2 Å². The molecule has 4 N–H and O–H groups in total. The maximum absolute atomic E-state index is 11.9. The summed E-state index contributed by atoms with van der Waals surface area (Å²) in [4.78, 5) is 11.7. The van der Waals surface area contributed by atoms with Crippen LogP contribution in [0.15, 0.2) is 54.5 Å². The number of aryl methyl sites for hydroxylation is 2. The SMILES string of the molecule is CNC(=O)c1cccc(CCc2ccc(N3C=C(O)NS3(=O)=O)c(O)c2)c1. The monoisotopic (exact) mass is 389 g/mol. The number of phenolic OH excluding ortho intramolecular Hbond substituents is 1. The van der Waals surface area contributed by atoms with Crippen molar-refractivity contribution >= 4 is 21.8 Å². The number of benzene rings is 2. The average molecular weight is 389 g/mol. The van der Waals surface area contributed by atoms with Crippen LogP contribution in [0, 0.1) is 0 Å². The number of aliphatic hydroxyl groups is 1. The zero-order valence-electron chi connectivity index (χ0n) is 14.5. The summed E-state index contributed by atoms with van der Waals surface area (Å²) in [6.07, 6.45) is 2.22. The van der Waals surface area contributed by atoms with Gasteiger partial charge in [0.2, 0.25) is 5.88 Å². The molecule has 1 aliphatic rings. The number of hydrogen-bond donors (Lipinski definition) is 4. The van der Waals surface area contributed by atoms with Crippen molar-refractivity contribution in [1.29, 1.82) is 0 Å². The van der Waals surface area contributed by atoms with E-state index in [0.717, 1.165) is 21.6 Å². The van der Waals surface area contributed by atoms with E-state index < -0.39 is 16.1 Å². The second-order valence-corrected chi connectivity index (χ2v) is 7.57. The molecule has 0 saturated heterocycles. The predicted molar refractivity (Wildman–Crippen MR) is 101 cm³/mol. The fourth-order valence-corrected chi connectivity index (χ4v) is 3.87. The molecule has 27 heavy (non-hydrogen) atoms. The molecule has 0 saturated carbocycles. The van der Waals surface area contributed by atoms with Gasteiger partial charge >= 0.3 is 10.2 Å². The molecule has 0 spiro atoms. The predicted octanol–water partition coefficient (Wildman–Crippen LogP) is 1.55. The minimum atomic E-state index is -3.95. The lowest BCUT2D eigenvalue weighted by Gasteiger charge is -2.16. The molecule has 0 bridgehead atoms. The summed E-state index contributed by atoms with van der Waals surface area (Å²) >= 11 is 0. The van der Waals surface area contributed by atoms with Crippen LogP contribution in [0.4, 0.5) is 5.69 Å². The second-order valence-electron chi connectivity index (χ2n) is 6.02. The van der Waals surface area contributed by atoms with E-state index in [1.54, 1.807) is 19.2 Å². The van der Waals surface area contributed by atoms with Crippen LogP contribution in [0.25, 0.3) is 0 Å². The Morgan fingerprint density at radius 1 is 1.11 bits per heavy atom. The highest BCUT2D eigenvalue weighted by Crippen LogP contribution is 2.32. The van der Waals surface area contributed by atoms with E-state index in [4.69, 9.17) is 0 Å². The van der Waals surface area contributed by atoms with E-state index in [-0.39, 0.29) is 17.3 Å². The van der Waals surface area contributed by atoms with Gasteiger partial charge in [0, 0.05) is 12.6 Å². The van der Waals surface area contributed by atoms with Gasteiger partial charge in [-0.3, -0.25) is 4.79 Å². The number of nitrogens with one attached hydrogen (secondary N) is 2. The highest BCUT2D eigenvalue weighted by atomic mass is 32.2. The van der Waals surface area contributed by atoms with Crippen molar-refractivity contribution in [2.75, 3.05) is 11.4 Å². The highest BCUT2D eigenvalue weighted by molar-refractivity contribution is 7.91. The first-order chi connectivity index (χ1) is 12.8. The zero-order chi connectivity index (χ0) is 19.6. The third kappa shape index (κ3) is 3.98. The Balaban J connectivity index is 1.75. The third-order valence-electron chi connectivity index (χ3n) is 4.13. The average Bonchev–Trinajstić information content (AvgIpc) is 2.91. The quantitative estimate of drug-likeness (QED) is 0.619. The first kappa shape index (κ1) is 18.6. The van der Waals surface area contributed by atoms with Crippen molar-refractivity contribution < 1.29 is 23.4 Å². The van der Waals surface area contributed by atoms with Gasteiger partial charge < -0.3 is 15.5 Å². The lowest BCUT2D eigenvalue weighted by Crippen LogP contribution is -2.29. The van der Waals surface area contributed by atoms with E-state index in [9.17, 15) is 23.4 Å². The molecular weight excluding hydrogens is 370 g/mol. The second kappa shape index (κ2) is 7.20. The lowest BCUT2D eigenvalue weighted by molar-refractivity contribution is 0.0963. The molecule has 0 aromatic heterocycles. The number of aromatic hydroxyl groups is 1. The number of carbonyl (C=O) groups excluding carboxylic acids is 1. The lowest BCUT2D eigenvalue weighted by atomic mass is 10.0. The smallest absolute Gasteiger partial charge is 0.330 e. The Labute approximate surface area is 156 Å². The first-order valence-corrected chi connectivity index (χ1v) is 9.60. The van der Waals surface area contributed by atoms with Crippen molar-refractivity contribution in [3.05, 3.63) is 71.2 Å². The molecule has 1 amide bonds. The Morgan fingerprint density at radius 3 is 2.41 bits per heavy atom. The molecule has 1 heterocycles. The van der Waals surface area contributed by atoms with Crippen molar-refractivity contribution in [3.8, 4) is 5.75 Å². The van der Waals surface area contributed by atoms with Crippen LogP contribution in [-0.4, -0.2) is 31.6 Å². The van der Waals surface area contributed by atoms with Gasteiger partial charge in [0.15, 0.2) is 0 Å². The Hall–Kier alpha value is -3.20. The maximum atomic E-state index is 11.9. The zero-order valence-corrected chi connectivity index (χ0v) is 15.3. The highest BCUT2D eigenvalue weighted by Gasteiger charge is 2.30. The van der Waals surface area contributed by atoms with E-state index in [0.29, 0.717) is 18.4 Å². The van der Waals surface area contributed by atoms with Crippen LogP contribution >= 0.6 is 0 Å². The molecule has 142 valence electrons. The Kier molecular flexibility index (Phi) is 4.95.